The van der Waals surface area contributed by atoms with Crippen molar-refractivity contribution in [3.63, 3.8) is 0 Å². The molecule has 2 spiro atoms. The first-order chi connectivity index (χ1) is 19.1. The Kier molecular flexibility index (Phi) is 5.49. The Hall–Kier alpha value is -2.12. The van der Waals surface area contributed by atoms with Gasteiger partial charge in [0.05, 0.1) is 20.3 Å². The quantitative estimate of drug-likeness (QED) is 0.519. The van der Waals surface area contributed by atoms with E-state index >= 15 is 0 Å². The fourth-order valence-corrected chi connectivity index (χ4v) is 10.4. The summed E-state index contributed by atoms with van der Waals surface area (Å²) in [6, 6.07) is 15.2. The van der Waals surface area contributed by atoms with E-state index in [9.17, 15) is 5.11 Å². The lowest BCUT2D eigenvalue weighted by Crippen LogP contribution is -2.84. The largest absolute Gasteiger partial charge is 0.493 e. The number of fused-ring (bicyclic) bond motifs is 2. The Labute approximate surface area is 231 Å². The molecule has 6 heteroatoms. The fourth-order valence-electron chi connectivity index (χ4n) is 10.4. The molecule has 7 aliphatic rings. The molecule has 9 rings (SSSR count). The lowest BCUT2D eigenvalue weighted by Gasteiger charge is -2.76. The van der Waals surface area contributed by atoms with Crippen LogP contribution in [0.4, 0.5) is 0 Å². The van der Waals surface area contributed by atoms with Crippen molar-refractivity contribution >= 4 is 0 Å². The zero-order valence-corrected chi connectivity index (χ0v) is 23.2. The number of piperidine rings is 1. The molecule has 1 saturated heterocycles. The second kappa shape index (κ2) is 8.69. The molecule has 5 aliphatic carbocycles. The summed E-state index contributed by atoms with van der Waals surface area (Å²) in [6.07, 6.45) is 6.67. The average Bonchev–Trinajstić information content (AvgIpc) is 3.72. The minimum Gasteiger partial charge on any atom is -0.493 e. The van der Waals surface area contributed by atoms with E-state index < -0.39 is 5.60 Å². The molecule has 2 heterocycles. The Bertz CT molecular complexity index is 1260. The summed E-state index contributed by atoms with van der Waals surface area (Å²) >= 11 is 0. The zero-order valence-electron chi connectivity index (χ0n) is 23.2. The number of rotatable bonds is 9. The molecule has 4 bridgehead atoms. The predicted molar refractivity (Wildman–Crippen MR) is 147 cm³/mol. The maximum atomic E-state index is 11.3. The van der Waals surface area contributed by atoms with Gasteiger partial charge < -0.3 is 24.1 Å². The summed E-state index contributed by atoms with van der Waals surface area (Å²) in [4.78, 5) is 2.82. The number of aliphatic hydroxyl groups excluding tert-OH is 1. The lowest BCUT2D eigenvalue weighted by atomic mass is 9.32. The summed E-state index contributed by atoms with van der Waals surface area (Å²) in [7, 11) is 3.61. The first-order valence-corrected chi connectivity index (χ1v) is 15.0. The van der Waals surface area contributed by atoms with Crippen LogP contribution in [0.15, 0.2) is 42.5 Å². The molecule has 0 unspecified atom stereocenters. The number of benzene rings is 2. The summed E-state index contributed by atoms with van der Waals surface area (Å²) in [6.45, 7) is 3.55. The van der Waals surface area contributed by atoms with Crippen molar-refractivity contribution in [1.29, 1.82) is 0 Å². The molecule has 2 aromatic carbocycles. The summed E-state index contributed by atoms with van der Waals surface area (Å²) in [5.41, 5.74) is 3.18. The molecule has 6 nitrogen and oxygen atoms in total. The molecule has 2 aromatic rings. The minimum atomic E-state index is -0.520. The Morgan fingerprint density at radius 1 is 1.03 bits per heavy atom. The smallest absolute Gasteiger partial charge is 0.165 e. The maximum Gasteiger partial charge on any atom is 0.165 e. The topological polar surface area (TPSA) is 60.4 Å². The number of hydrogen-bond donors (Lipinski definition) is 1. The molecule has 4 saturated carbocycles. The van der Waals surface area contributed by atoms with Gasteiger partial charge in [-0.25, -0.2) is 0 Å². The number of ether oxygens (including phenoxy) is 4. The summed E-state index contributed by atoms with van der Waals surface area (Å²) in [5, 5.41) is 11.3. The SMILES string of the molecule is COc1ccc2c3c1O[C@H]1[C@@]4(OC)CC[C@@]5([C@@H](CO)[C@@H]4COCc4ccccc4)[C@@H](C2)N(CC2CC2)CC[C@]315. The van der Waals surface area contributed by atoms with Crippen LogP contribution in [0.2, 0.25) is 0 Å². The van der Waals surface area contributed by atoms with Gasteiger partial charge in [-0.3, -0.25) is 4.90 Å². The molecule has 0 aromatic heterocycles. The van der Waals surface area contributed by atoms with Crippen LogP contribution < -0.4 is 9.47 Å². The fraction of sp³-hybridized carbons (Fsp3) is 0.636. The number of likely N-dealkylation sites (tertiary alicyclic amines) is 1. The van der Waals surface area contributed by atoms with Gasteiger partial charge in [0.1, 0.15) is 11.7 Å². The van der Waals surface area contributed by atoms with Gasteiger partial charge in [0.15, 0.2) is 11.5 Å². The number of nitrogens with zero attached hydrogens (tertiary/aromatic N) is 1. The predicted octanol–water partition coefficient (Wildman–Crippen LogP) is 4.35. The molecule has 208 valence electrons. The lowest BCUT2D eigenvalue weighted by molar-refractivity contribution is -0.315. The van der Waals surface area contributed by atoms with Gasteiger partial charge in [0, 0.05) is 48.6 Å². The number of methoxy groups -OCH3 is 2. The van der Waals surface area contributed by atoms with E-state index in [2.05, 4.69) is 41.3 Å². The second-order valence-electron chi connectivity index (χ2n) is 13.1. The van der Waals surface area contributed by atoms with Gasteiger partial charge in [-0.1, -0.05) is 36.4 Å². The van der Waals surface area contributed by atoms with Gasteiger partial charge in [-0.05, 0) is 74.1 Å². The van der Waals surface area contributed by atoms with Crippen LogP contribution in [0.5, 0.6) is 11.5 Å². The number of aliphatic hydroxyl groups is 1. The van der Waals surface area contributed by atoms with Crippen LogP contribution in [-0.2, 0) is 27.9 Å². The van der Waals surface area contributed by atoms with Gasteiger partial charge in [-0.2, -0.15) is 0 Å². The van der Waals surface area contributed by atoms with Crippen LogP contribution in [0, 0.1) is 23.2 Å². The molecule has 0 radical (unpaired) electrons. The van der Waals surface area contributed by atoms with Crippen LogP contribution in [0.1, 0.15) is 48.8 Å². The summed E-state index contributed by atoms with van der Waals surface area (Å²) in [5.74, 6) is 2.73. The monoisotopic (exact) mass is 531 g/mol. The standard InChI is InChI=1S/C33H41NO5/c1-36-26-11-10-23-16-27-31-12-13-33(37-2,25(24(31)18-35)20-38-19-22-6-4-3-5-7-22)30-32(31,28(23)29(26)39-30)14-15-34(27)17-21-8-9-21/h3-7,10-11,21,24-25,27,30,35H,8-9,12-20H2,1-2H3/t24-,25-,27+,30+,31+,32-,33+/m0/s1. The van der Waals surface area contributed by atoms with E-state index in [1.54, 1.807) is 7.11 Å². The van der Waals surface area contributed by atoms with Gasteiger partial charge >= 0.3 is 0 Å². The van der Waals surface area contributed by atoms with Crippen LogP contribution in [0.3, 0.4) is 0 Å². The van der Waals surface area contributed by atoms with Gasteiger partial charge in [0.25, 0.3) is 0 Å². The van der Waals surface area contributed by atoms with Crippen molar-refractivity contribution in [3.05, 3.63) is 59.2 Å². The van der Waals surface area contributed by atoms with Crippen molar-refractivity contribution in [3.8, 4) is 11.5 Å². The molecule has 7 atom stereocenters. The zero-order chi connectivity index (χ0) is 26.4. The first kappa shape index (κ1) is 24.7. The average molecular weight is 532 g/mol. The van der Waals surface area contributed by atoms with Gasteiger partial charge in [-0.15, -0.1) is 0 Å². The van der Waals surface area contributed by atoms with Crippen molar-refractivity contribution in [2.24, 2.45) is 23.2 Å². The maximum absolute atomic E-state index is 11.3. The third kappa shape index (κ3) is 3.01. The molecular formula is C33H41NO5. The van der Waals surface area contributed by atoms with E-state index in [0.29, 0.717) is 19.3 Å². The van der Waals surface area contributed by atoms with E-state index in [0.717, 1.165) is 49.6 Å². The van der Waals surface area contributed by atoms with E-state index in [-0.39, 0.29) is 35.4 Å². The highest BCUT2D eigenvalue weighted by Crippen LogP contribution is 2.78. The van der Waals surface area contributed by atoms with E-state index in [4.69, 9.17) is 18.9 Å². The van der Waals surface area contributed by atoms with Crippen molar-refractivity contribution in [1.82, 2.24) is 4.90 Å². The Balaban J connectivity index is 1.27. The van der Waals surface area contributed by atoms with Crippen molar-refractivity contribution < 1.29 is 24.1 Å². The number of hydrogen-bond acceptors (Lipinski definition) is 6. The third-order valence-corrected chi connectivity index (χ3v) is 12.0. The van der Waals surface area contributed by atoms with Gasteiger partial charge in [0.2, 0.25) is 0 Å². The highest BCUT2D eigenvalue weighted by atomic mass is 16.6. The van der Waals surface area contributed by atoms with E-state index in [1.807, 2.05) is 13.2 Å². The molecule has 39 heavy (non-hydrogen) atoms. The van der Waals surface area contributed by atoms with E-state index in [1.165, 1.54) is 36.1 Å². The van der Waals surface area contributed by atoms with Crippen LogP contribution in [-0.4, -0.2) is 68.3 Å². The molecule has 1 N–H and O–H groups in total. The highest BCUT2D eigenvalue weighted by Gasteiger charge is 2.83. The molecule has 2 aliphatic heterocycles. The first-order valence-electron chi connectivity index (χ1n) is 15.0. The normalized spacial score (nSPS) is 39.4. The second-order valence-corrected chi connectivity index (χ2v) is 13.1. The van der Waals surface area contributed by atoms with Crippen molar-refractivity contribution in [2.45, 2.75) is 68.3 Å². The molecule has 0 amide bonds. The summed E-state index contributed by atoms with van der Waals surface area (Å²) < 4.78 is 26.2. The minimum absolute atomic E-state index is 0.0494. The Morgan fingerprint density at radius 2 is 1.87 bits per heavy atom. The highest BCUT2D eigenvalue weighted by molar-refractivity contribution is 5.64. The van der Waals surface area contributed by atoms with Crippen LogP contribution >= 0.6 is 0 Å². The van der Waals surface area contributed by atoms with Crippen LogP contribution in [0.25, 0.3) is 0 Å². The molecular weight excluding hydrogens is 490 g/mol. The third-order valence-electron chi connectivity index (χ3n) is 12.0. The van der Waals surface area contributed by atoms with Crippen molar-refractivity contribution in [2.75, 3.05) is 40.5 Å². The molecule has 5 fully saturated rings. The Morgan fingerprint density at radius 3 is 2.62 bits per heavy atom.